The number of oxazole rings is 1. The van der Waals surface area contributed by atoms with Gasteiger partial charge in [-0.05, 0) is 42.3 Å². The van der Waals surface area contributed by atoms with Crippen LogP contribution in [0.15, 0.2) is 56.7 Å². The van der Waals surface area contributed by atoms with Gasteiger partial charge >= 0.3 is 11.9 Å². The Bertz CT molecular complexity index is 1210. The lowest BCUT2D eigenvalue weighted by atomic mass is 10.0. The molecule has 140 valence electrons. The molecule has 2 aromatic heterocycles. The van der Waals surface area contributed by atoms with Crippen LogP contribution in [0.1, 0.15) is 26.6 Å². The lowest BCUT2D eigenvalue weighted by Crippen LogP contribution is -2.13. The summed E-state index contributed by atoms with van der Waals surface area (Å²) in [6, 6.07) is 12.7. The predicted octanol–water partition coefficient (Wildman–Crippen LogP) is 5.58. The Labute approximate surface area is 172 Å². The fourth-order valence-electron chi connectivity index (χ4n) is 2.80. The van der Waals surface area contributed by atoms with Crippen LogP contribution >= 0.6 is 27.3 Å². The number of benzene rings is 2. The quantitative estimate of drug-likeness (QED) is 0.418. The van der Waals surface area contributed by atoms with E-state index in [-0.39, 0.29) is 16.5 Å². The highest BCUT2D eigenvalue weighted by Gasteiger charge is 2.23. The number of carboxylic acids is 1. The molecule has 0 saturated heterocycles. The van der Waals surface area contributed by atoms with E-state index in [4.69, 9.17) is 4.42 Å². The summed E-state index contributed by atoms with van der Waals surface area (Å²) in [6.07, 6.45) is 0. The molecular formula is C20H13BrN2O4S. The van der Waals surface area contributed by atoms with E-state index in [1.165, 1.54) is 0 Å². The minimum atomic E-state index is -1.12. The lowest BCUT2D eigenvalue weighted by Gasteiger charge is -2.04. The Morgan fingerprint density at radius 1 is 1.18 bits per heavy atom. The number of nitrogens with zero attached hydrogens (tertiary/aromatic N) is 1. The zero-order chi connectivity index (χ0) is 19.8. The summed E-state index contributed by atoms with van der Waals surface area (Å²) in [5.41, 5.74) is 3.38. The number of rotatable bonds is 4. The summed E-state index contributed by atoms with van der Waals surface area (Å²) in [5, 5.41) is 14.2. The first-order chi connectivity index (χ1) is 13.4. The number of aromatic carboxylic acids is 1. The van der Waals surface area contributed by atoms with E-state index in [2.05, 4.69) is 26.2 Å². The van der Waals surface area contributed by atoms with E-state index in [1.807, 2.05) is 43.3 Å². The second-order valence-corrected chi connectivity index (χ2v) is 7.91. The first kappa shape index (κ1) is 18.4. The van der Waals surface area contributed by atoms with Crippen LogP contribution in [0.5, 0.6) is 0 Å². The molecule has 6 nitrogen and oxygen atoms in total. The number of carboxylic acid groups (broad SMARTS) is 1. The molecule has 2 aromatic carbocycles. The van der Waals surface area contributed by atoms with Gasteiger partial charge in [-0.3, -0.25) is 4.79 Å². The number of halogens is 1. The maximum Gasteiger partial charge on any atom is 0.339 e. The molecule has 4 aromatic rings. The number of hydrogen-bond donors (Lipinski definition) is 2. The van der Waals surface area contributed by atoms with Crippen LogP contribution in [0, 0.1) is 6.92 Å². The van der Waals surface area contributed by atoms with Gasteiger partial charge in [-0.15, -0.1) is 11.3 Å². The zero-order valence-electron chi connectivity index (χ0n) is 14.5. The molecule has 2 heterocycles. The molecule has 0 atom stereocenters. The summed E-state index contributed by atoms with van der Waals surface area (Å²) in [7, 11) is 0. The molecule has 4 rings (SSSR count). The molecular weight excluding hydrogens is 444 g/mol. The Morgan fingerprint density at radius 2 is 1.93 bits per heavy atom. The summed E-state index contributed by atoms with van der Waals surface area (Å²) in [6.45, 7) is 1.92. The van der Waals surface area contributed by atoms with E-state index in [9.17, 15) is 14.7 Å². The minimum absolute atomic E-state index is 0.0348. The van der Waals surface area contributed by atoms with Gasteiger partial charge in [0.1, 0.15) is 16.1 Å². The molecule has 0 fully saturated rings. The van der Waals surface area contributed by atoms with Crippen LogP contribution < -0.4 is 5.32 Å². The molecule has 0 aliphatic rings. The Hall–Kier alpha value is -2.97. The van der Waals surface area contributed by atoms with Crippen molar-refractivity contribution in [2.75, 3.05) is 5.32 Å². The van der Waals surface area contributed by atoms with Gasteiger partial charge in [0.05, 0.1) is 0 Å². The number of carbonyl (C=O) groups is 2. The molecule has 0 radical (unpaired) electrons. The first-order valence-electron chi connectivity index (χ1n) is 8.21. The average molecular weight is 457 g/mol. The van der Waals surface area contributed by atoms with Crippen LogP contribution in [0.4, 0.5) is 5.00 Å². The van der Waals surface area contributed by atoms with Crippen molar-refractivity contribution >= 4 is 55.2 Å². The average Bonchev–Trinajstić information content (AvgIpc) is 3.26. The molecule has 1 amide bonds. The monoisotopic (exact) mass is 456 g/mol. The standard InChI is InChI=1S/C20H13BrN2O4S/c1-10-2-7-15-14(8-10)22-18(27-15)17(24)23-19-16(20(25)26)13(9-28-19)11-3-5-12(21)6-4-11/h2-9H,1H3,(H,23,24)(H,25,26). The largest absolute Gasteiger partial charge is 0.478 e. The third-order valence-corrected chi connectivity index (χ3v) is 5.55. The van der Waals surface area contributed by atoms with Gasteiger partial charge in [0.15, 0.2) is 5.58 Å². The van der Waals surface area contributed by atoms with Crippen LogP contribution in [-0.2, 0) is 0 Å². The van der Waals surface area contributed by atoms with Gasteiger partial charge in [0.2, 0.25) is 0 Å². The van der Waals surface area contributed by atoms with Crippen LogP contribution in [0.2, 0.25) is 0 Å². The van der Waals surface area contributed by atoms with E-state index < -0.39 is 11.9 Å². The third kappa shape index (κ3) is 3.44. The third-order valence-electron chi connectivity index (χ3n) is 4.12. The van der Waals surface area contributed by atoms with Crippen molar-refractivity contribution in [2.45, 2.75) is 6.92 Å². The lowest BCUT2D eigenvalue weighted by molar-refractivity contribution is 0.0699. The summed E-state index contributed by atoms with van der Waals surface area (Å²) < 4.78 is 6.38. The van der Waals surface area contributed by atoms with Crippen molar-refractivity contribution < 1.29 is 19.1 Å². The SMILES string of the molecule is Cc1ccc2oc(C(=O)Nc3scc(-c4ccc(Br)cc4)c3C(=O)O)nc2c1. The molecule has 2 N–H and O–H groups in total. The number of aromatic nitrogens is 1. The highest BCUT2D eigenvalue weighted by molar-refractivity contribution is 9.10. The van der Waals surface area contributed by atoms with Gasteiger partial charge in [-0.2, -0.15) is 0 Å². The molecule has 0 saturated carbocycles. The molecule has 0 aliphatic carbocycles. The first-order valence-corrected chi connectivity index (χ1v) is 9.89. The smallest absolute Gasteiger partial charge is 0.339 e. The van der Waals surface area contributed by atoms with Crippen molar-refractivity contribution in [3.63, 3.8) is 0 Å². The Morgan fingerprint density at radius 3 is 2.64 bits per heavy atom. The van der Waals surface area contributed by atoms with E-state index in [0.29, 0.717) is 16.7 Å². The number of aryl methyl sites for hydroxylation is 1. The normalized spacial score (nSPS) is 10.9. The van der Waals surface area contributed by atoms with Crippen LogP contribution in [0.25, 0.3) is 22.2 Å². The summed E-state index contributed by atoms with van der Waals surface area (Å²) >= 11 is 4.50. The van der Waals surface area contributed by atoms with Gasteiger partial charge in [0, 0.05) is 15.4 Å². The summed E-state index contributed by atoms with van der Waals surface area (Å²) in [4.78, 5) is 28.6. The molecule has 0 bridgehead atoms. The Kier molecular flexibility index (Phi) is 4.74. The number of amides is 1. The van der Waals surface area contributed by atoms with Crippen molar-refractivity contribution in [1.29, 1.82) is 0 Å². The van der Waals surface area contributed by atoms with Crippen LogP contribution in [0.3, 0.4) is 0 Å². The van der Waals surface area contributed by atoms with E-state index >= 15 is 0 Å². The van der Waals surface area contributed by atoms with Crippen molar-refractivity contribution in [3.8, 4) is 11.1 Å². The Balaban J connectivity index is 1.67. The number of nitrogens with one attached hydrogen (secondary N) is 1. The minimum Gasteiger partial charge on any atom is -0.478 e. The van der Waals surface area contributed by atoms with E-state index in [0.717, 1.165) is 26.9 Å². The predicted molar refractivity (Wildman–Crippen MR) is 111 cm³/mol. The number of anilines is 1. The number of carbonyl (C=O) groups excluding carboxylic acids is 1. The number of hydrogen-bond acceptors (Lipinski definition) is 5. The van der Waals surface area contributed by atoms with Crippen LogP contribution in [-0.4, -0.2) is 22.0 Å². The second kappa shape index (κ2) is 7.21. The highest BCUT2D eigenvalue weighted by Crippen LogP contribution is 2.36. The zero-order valence-corrected chi connectivity index (χ0v) is 16.9. The maximum atomic E-state index is 12.6. The van der Waals surface area contributed by atoms with Crippen molar-refractivity contribution in [2.24, 2.45) is 0 Å². The molecule has 0 aliphatic heterocycles. The fraction of sp³-hybridized carbons (Fsp3) is 0.0500. The fourth-order valence-corrected chi connectivity index (χ4v) is 4.02. The second-order valence-electron chi connectivity index (χ2n) is 6.11. The van der Waals surface area contributed by atoms with Gasteiger partial charge < -0.3 is 14.8 Å². The van der Waals surface area contributed by atoms with Crippen molar-refractivity contribution in [1.82, 2.24) is 4.98 Å². The molecule has 28 heavy (non-hydrogen) atoms. The molecule has 8 heteroatoms. The van der Waals surface area contributed by atoms with Gasteiger partial charge in [-0.1, -0.05) is 34.1 Å². The topological polar surface area (TPSA) is 92.4 Å². The maximum absolute atomic E-state index is 12.6. The van der Waals surface area contributed by atoms with Gasteiger partial charge in [0.25, 0.3) is 5.89 Å². The number of fused-ring (bicyclic) bond motifs is 1. The number of thiophene rings is 1. The van der Waals surface area contributed by atoms with Crippen molar-refractivity contribution in [3.05, 3.63) is 69.3 Å². The molecule has 0 spiro atoms. The summed E-state index contributed by atoms with van der Waals surface area (Å²) in [5.74, 6) is -1.83. The van der Waals surface area contributed by atoms with E-state index in [1.54, 1.807) is 11.4 Å². The molecule has 0 unspecified atom stereocenters. The highest BCUT2D eigenvalue weighted by atomic mass is 79.9. The van der Waals surface area contributed by atoms with Gasteiger partial charge in [-0.25, -0.2) is 9.78 Å².